The molecule has 0 saturated heterocycles. The van der Waals surface area contributed by atoms with E-state index in [1.165, 1.54) is 11.3 Å². The maximum Gasteiger partial charge on any atom is 0.207 e. The van der Waals surface area contributed by atoms with Gasteiger partial charge in [-0.15, -0.1) is 11.3 Å². The lowest BCUT2D eigenvalue weighted by Crippen LogP contribution is -2.03. The predicted octanol–water partition coefficient (Wildman–Crippen LogP) is 4.06. The molecule has 0 amide bonds. The van der Waals surface area contributed by atoms with Crippen molar-refractivity contribution in [2.45, 2.75) is 6.92 Å². The fourth-order valence-corrected chi connectivity index (χ4v) is 2.78. The van der Waals surface area contributed by atoms with Gasteiger partial charge in [0.25, 0.3) is 0 Å². The first kappa shape index (κ1) is 12.3. The molecule has 0 aliphatic heterocycles. The van der Waals surface area contributed by atoms with E-state index in [1.807, 2.05) is 36.6 Å². The molecule has 2 aromatic rings. The molecule has 4 heteroatoms. The number of methoxy groups -OCH3 is 1. The third-order valence-electron chi connectivity index (χ3n) is 2.57. The van der Waals surface area contributed by atoms with Crippen molar-refractivity contribution >= 4 is 33.0 Å². The average Bonchev–Trinajstić information content (AvgIpc) is 2.80. The van der Waals surface area contributed by atoms with Gasteiger partial charge in [0.15, 0.2) is 0 Å². The van der Waals surface area contributed by atoms with Crippen LogP contribution in [0.15, 0.2) is 34.1 Å². The summed E-state index contributed by atoms with van der Waals surface area (Å²) >= 11 is 4.83. The number of benzene rings is 1. The third kappa shape index (κ3) is 2.28. The van der Waals surface area contributed by atoms with Crippen LogP contribution in [0, 0.1) is 6.92 Å². The van der Waals surface area contributed by atoms with Gasteiger partial charge in [-0.1, -0.05) is 28.1 Å². The number of rotatable bonds is 3. The zero-order chi connectivity index (χ0) is 12.4. The molecule has 17 heavy (non-hydrogen) atoms. The number of halogens is 1. The Labute approximate surface area is 112 Å². The van der Waals surface area contributed by atoms with Crippen LogP contribution in [0.4, 0.5) is 0 Å². The molecular weight excluding hydrogens is 300 g/mol. The van der Waals surface area contributed by atoms with E-state index in [4.69, 9.17) is 4.74 Å². The Kier molecular flexibility index (Phi) is 3.64. The molecule has 0 spiro atoms. The summed E-state index contributed by atoms with van der Waals surface area (Å²) in [6, 6.07) is 7.44. The second-order valence-electron chi connectivity index (χ2n) is 3.56. The van der Waals surface area contributed by atoms with Crippen molar-refractivity contribution in [2.24, 2.45) is 0 Å². The van der Waals surface area contributed by atoms with Crippen molar-refractivity contribution in [3.05, 3.63) is 50.1 Å². The van der Waals surface area contributed by atoms with Gasteiger partial charge in [-0.05, 0) is 30.0 Å². The van der Waals surface area contributed by atoms with E-state index in [0.717, 1.165) is 10.0 Å². The summed E-state index contributed by atoms with van der Waals surface area (Å²) in [5.74, 6) is 0.648. The topological polar surface area (TPSA) is 26.3 Å². The summed E-state index contributed by atoms with van der Waals surface area (Å²) in [5, 5.41) is 1.86. The van der Waals surface area contributed by atoms with Gasteiger partial charge in [0.1, 0.15) is 10.6 Å². The van der Waals surface area contributed by atoms with Crippen LogP contribution in [0.1, 0.15) is 20.8 Å². The van der Waals surface area contributed by atoms with Crippen molar-refractivity contribution < 1.29 is 9.53 Å². The van der Waals surface area contributed by atoms with Crippen LogP contribution in [0.25, 0.3) is 0 Å². The minimum Gasteiger partial charge on any atom is -0.495 e. The quantitative estimate of drug-likeness (QED) is 0.799. The van der Waals surface area contributed by atoms with Crippen LogP contribution in [-0.4, -0.2) is 12.9 Å². The molecule has 1 heterocycles. The van der Waals surface area contributed by atoms with E-state index in [2.05, 4.69) is 15.9 Å². The molecule has 0 fully saturated rings. The van der Waals surface area contributed by atoms with Crippen molar-refractivity contribution in [2.75, 3.05) is 7.11 Å². The molecule has 2 rings (SSSR count). The number of ether oxygens (including phenoxy) is 1. The van der Waals surface area contributed by atoms with Gasteiger partial charge in [0.05, 0.1) is 7.11 Å². The Morgan fingerprint density at radius 2 is 2.12 bits per heavy atom. The fourth-order valence-electron chi connectivity index (χ4n) is 1.60. The van der Waals surface area contributed by atoms with E-state index in [0.29, 0.717) is 16.2 Å². The van der Waals surface area contributed by atoms with Crippen LogP contribution >= 0.6 is 27.3 Å². The lowest BCUT2D eigenvalue weighted by molar-refractivity contribution is 0.103. The van der Waals surface area contributed by atoms with Crippen LogP contribution in [0.5, 0.6) is 5.75 Å². The molecule has 0 bridgehead atoms. The van der Waals surface area contributed by atoms with Crippen molar-refractivity contribution in [1.82, 2.24) is 0 Å². The highest BCUT2D eigenvalue weighted by molar-refractivity contribution is 9.10. The maximum atomic E-state index is 12.4. The maximum absolute atomic E-state index is 12.4. The van der Waals surface area contributed by atoms with Gasteiger partial charge in [0.2, 0.25) is 5.78 Å². The van der Waals surface area contributed by atoms with Crippen LogP contribution in [0.2, 0.25) is 0 Å². The smallest absolute Gasteiger partial charge is 0.207 e. The molecule has 2 nitrogen and oxygen atoms in total. The zero-order valence-electron chi connectivity index (χ0n) is 9.49. The summed E-state index contributed by atoms with van der Waals surface area (Å²) in [6.45, 7) is 1.93. The highest BCUT2D eigenvalue weighted by Crippen LogP contribution is 2.29. The SMILES string of the molecule is COc1ccsc1C(=O)c1cccc(Br)c1C. The minimum atomic E-state index is 0.00986. The highest BCUT2D eigenvalue weighted by atomic mass is 79.9. The normalized spacial score (nSPS) is 10.3. The zero-order valence-corrected chi connectivity index (χ0v) is 11.9. The number of carbonyl (C=O) groups is 1. The molecule has 0 N–H and O–H groups in total. The van der Waals surface area contributed by atoms with Gasteiger partial charge < -0.3 is 4.74 Å². The Balaban J connectivity index is 2.48. The number of hydrogen-bond donors (Lipinski definition) is 0. The fraction of sp³-hybridized carbons (Fsp3) is 0.154. The standard InChI is InChI=1S/C13H11BrO2S/c1-8-9(4-3-5-10(8)14)12(15)13-11(16-2)6-7-17-13/h3-7H,1-2H3. The molecule has 0 atom stereocenters. The minimum absolute atomic E-state index is 0.00986. The average molecular weight is 311 g/mol. The highest BCUT2D eigenvalue weighted by Gasteiger charge is 2.18. The Morgan fingerprint density at radius 1 is 1.35 bits per heavy atom. The van der Waals surface area contributed by atoms with Crippen LogP contribution in [0.3, 0.4) is 0 Å². The van der Waals surface area contributed by atoms with Crippen LogP contribution < -0.4 is 4.74 Å². The molecule has 0 aliphatic rings. The van der Waals surface area contributed by atoms with E-state index in [9.17, 15) is 4.79 Å². The van der Waals surface area contributed by atoms with Gasteiger partial charge in [-0.2, -0.15) is 0 Å². The lowest BCUT2D eigenvalue weighted by Gasteiger charge is -2.06. The van der Waals surface area contributed by atoms with E-state index in [-0.39, 0.29) is 5.78 Å². The Morgan fingerprint density at radius 3 is 2.82 bits per heavy atom. The number of ketones is 1. The first-order valence-electron chi connectivity index (χ1n) is 5.06. The van der Waals surface area contributed by atoms with Gasteiger partial charge in [-0.25, -0.2) is 0 Å². The van der Waals surface area contributed by atoms with Gasteiger partial charge in [-0.3, -0.25) is 4.79 Å². The first-order valence-corrected chi connectivity index (χ1v) is 6.73. The summed E-state index contributed by atoms with van der Waals surface area (Å²) in [5.41, 5.74) is 1.66. The number of hydrogen-bond acceptors (Lipinski definition) is 3. The van der Waals surface area contributed by atoms with E-state index in [1.54, 1.807) is 7.11 Å². The van der Waals surface area contributed by atoms with Gasteiger partial charge in [0, 0.05) is 10.0 Å². The largest absolute Gasteiger partial charge is 0.495 e. The molecule has 0 radical (unpaired) electrons. The van der Waals surface area contributed by atoms with E-state index < -0.39 is 0 Å². The van der Waals surface area contributed by atoms with Crippen molar-refractivity contribution in [3.63, 3.8) is 0 Å². The molecule has 1 aromatic heterocycles. The molecule has 0 aliphatic carbocycles. The Bertz CT molecular complexity index is 560. The third-order valence-corrected chi connectivity index (χ3v) is 4.32. The second-order valence-corrected chi connectivity index (χ2v) is 5.33. The van der Waals surface area contributed by atoms with Crippen molar-refractivity contribution in [3.8, 4) is 5.75 Å². The molecule has 1 aromatic carbocycles. The summed E-state index contributed by atoms with van der Waals surface area (Å²) in [6.07, 6.45) is 0. The second kappa shape index (κ2) is 5.02. The summed E-state index contributed by atoms with van der Waals surface area (Å²) in [4.78, 5) is 13.0. The van der Waals surface area contributed by atoms with E-state index >= 15 is 0 Å². The summed E-state index contributed by atoms with van der Waals surface area (Å²) < 4.78 is 6.12. The van der Waals surface area contributed by atoms with Crippen LogP contribution in [-0.2, 0) is 0 Å². The molecule has 0 unspecified atom stereocenters. The molecule has 0 saturated carbocycles. The first-order chi connectivity index (χ1) is 8.15. The lowest BCUT2D eigenvalue weighted by atomic mass is 10.0. The predicted molar refractivity (Wildman–Crippen MR) is 73.2 cm³/mol. The molecular formula is C13H11BrO2S. The monoisotopic (exact) mass is 310 g/mol. The number of thiophene rings is 1. The summed E-state index contributed by atoms with van der Waals surface area (Å²) in [7, 11) is 1.58. The van der Waals surface area contributed by atoms with Gasteiger partial charge >= 0.3 is 0 Å². The Hall–Kier alpha value is -1.13. The van der Waals surface area contributed by atoms with Crippen molar-refractivity contribution in [1.29, 1.82) is 0 Å². The number of carbonyl (C=O) groups excluding carboxylic acids is 1. The molecule has 88 valence electrons.